The fourth-order valence-corrected chi connectivity index (χ4v) is 8.63. The van der Waals surface area contributed by atoms with Crippen LogP contribution in [0.25, 0.3) is 11.0 Å². The lowest BCUT2D eigenvalue weighted by molar-refractivity contribution is -0.136. The fourth-order valence-electron chi connectivity index (χ4n) is 8.63. The Hall–Kier alpha value is -2.45. The number of hydrogen-bond donors (Lipinski definition) is 2. The number of nitrogens with zero attached hydrogens (tertiary/aromatic N) is 4. The van der Waals surface area contributed by atoms with Crippen molar-refractivity contribution in [1.29, 1.82) is 0 Å². The minimum Gasteiger partial charge on any atom is -0.480 e. The van der Waals surface area contributed by atoms with E-state index >= 15 is 0 Å². The van der Waals surface area contributed by atoms with Crippen molar-refractivity contribution in [3.63, 3.8) is 0 Å². The molecule has 0 radical (unpaired) electrons. The molecule has 1 saturated carbocycles. The molecule has 2 N–H and O–H groups in total. The first-order valence-electron chi connectivity index (χ1n) is 16.3. The second-order valence-corrected chi connectivity index (χ2v) is 13.8. The summed E-state index contributed by atoms with van der Waals surface area (Å²) in [6.07, 6.45) is 16.4. The second kappa shape index (κ2) is 12.0. The predicted octanol–water partition coefficient (Wildman–Crippen LogP) is 5.35. The summed E-state index contributed by atoms with van der Waals surface area (Å²) in [5.41, 5.74) is 1.55. The molecular weight excluding hydrogens is 514 g/mol. The van der Waals surface area contributed by atoms with E-state index in [0.717, 1.165) is 36.8 Å². The van der Waals surface area contributed by atoms with Crippen LogP contribution in [0.2, 0.25) is 0 Å². The van der Waals surface area contributed by atoms with E-state index in [-0.39, 0.29) is 29.6 Å². The number of piperidine rings is 2. The van der Waals surface area contributed by atoms with Gasteiger partial charge in [0.2, 0.25) is 0 Å². The Morgan fingerprint density at radius 1 is 0.927 bits per heavy atom. The number of hydrogen-bond acceptors (Lipinski definition) is 6. The molecule has 2 aromatic rings. The van der Waals surface area contributed by atoms with Gasteiger partial charge in [0.25, 0.3) is 5.56 Å². The molecule has 3 aliphatic heterocycles. The van der Waals surface area contributed by atoms with Crippen molar-refractivity contribution in [2.45, 2.75) is 127 Å². The van der Waals surface area contributed by atoms with Crippen LogP contribution in [0.1, 0.15) is 103 Å². The van der Waals surface area contributed by atoms with Crippen LogP contribution in [0.4, 0.5) is 5.82 Å². The predicted molar refractivity (Wildman–Crippen MR) is 164 cm³/mol. The van der Waals surface area contributed by atoms with Crippen LogP contribution in [-0.4, -0.2) is 68.8 Å². The number of rotatable bonds is 7. The first-order chi connectivity index (χ1) is 19.8. The lowest BCUT2D eigenvalue weighted by Gasteiger charge is -2.53. The molecule has 224 valence electrons. The fraction of sp³-hybridized carbons (Fsp3) is 0.727. The Balaban J connectivity index is 1.28. The Morgan fingerprint density at radius 3 is 2.29 bits per heavy atom. The number of para-hydroxylation sites is 2. The summed E-state index contributed by atoms with van der Waals surface area (Å²) in [6, 6.07) is 10.2. The summed E-state index contributed by atoms with van der Waals surface area (Å²) in [7, 11) is 0. The molecule has 4 atom stereocenters. The molecule has 8 heteroatoms. The minimum absolute atomic E-state index is 0.0446. The highest BCUT2D eigenvalue weighted by Crippen LogP contribution is 2.43. The van der Waals surface area contributed by atoms with E-state index in [1.165, 1.54) is 64.2 Å². The number of carboxylic acids is 1. The average Bonchev–Trinajstić information content (AvgIpc) is 3.42. The summed E-state index contributed by atoms with van der Waals surface area (Å²) < 4.78 is 2.12. The molecule has 1 aliphatic carbocycles. The maximum atomic E-state index is 14.4. The molecule has 4 fully saturated rings. The smallest absolute Gasteiger partial charge is 0.317 e. The Bertz CT molecular complexity index is 1270. The Morgan fingerprint density at radius 2 is 1.59 bits per heavy atom. The molecule has 3 saturated heterocycles. The highest BCUT2D eigenvalue weighted by molar-refractivity contribution is 5.76. The van der Waals surface area contributed by atoms with Gasteiger partial charge in [0, 0.05) is 42.8 Å². The maximum Gasteiger partial charge on any atom is 0.317 e. The molecule has 4 aliphatic rings. The number of aliphatic carboxylic acids is 1. The van der Waals surface area contributed by atoms with Crippen LogP contribution >= 0.6 is 0 Å². The third-order valence-corrected chi connectivity index (χ3v) is 10.8. The molecule has 41 heavy (non-hydrogen) atoms. The van der Waals surface area contributed by atoms with Crippen molar-refractivity contribution >= 4 is 22.8 Å². The number of anilines is 1. The van der Waals surface area contributed by atoms with Gasteiger partial charge in [0.15, 0.2) is 5.82 Å². The summed E-state index contributed by atoms with van der Waals surface area (Å²) in [5, 5.41) is 12.4. The second-order valence-electron chi connectivity index (χ2n) is 13.8. The molecule has 2 bridgehead atoms. The summed E-state index contributed by atoms with van der Waals surface area (Å²) in [5.74, 6) is -0.0560. The summed E-state index contributed by atoms with van der Waals surface area (Å²) in [4.78, 5) is 35.6. The first kappa shape index (κ1) is 28.7. The van der Waals surface area contributed by atoms with Gasteiger partial charge in [-0.25, -0.2) is 4.98 Å². The Labute approximate surface area is 244 Å². The number of carbonyl (C=O) groups is 1. The van der Waals surface area contributed by atoms with Gasteiger partial charge < -0.3 is 19.9 Å². The van der Waals surface area contributed by atoms with Crippen LogP contribution in [-0.2, 0) is 4.79 Å². The van der Waals surface area contributed by atoms with Crippen molar-refractivity contribution < 1.29 is 9.90 Å². The van der Waals surface area contributed by atoms with Gasteiger partial charge in [-0.3, -0.25) is 14.5 Å². The van der Waals surface area contributed by atoms with Gasteiger partial charge >= 0.3 is 5.97 Å². The van der Waals surface area contributed by atoms with Crippen molar-refractivity contribution in [1.82, 2.24) is 19.8 Å². The van der Waals surface area contributed by atoms with Crippen molar-refractivity contribution in [2.75, 3.05) is 24.5 Å². The lowest BCUT2D eigenvalue weighted by atomic mass is 9.79. The van der Waals surface area contributed by atoms with Gasteiger partial charge in [-0.1, -0.05) is 50.7 Å². The molecule has 1 aromatic heterocycles. The van der Waals surface area contributed by atoms with Crippen molar-refractivity contribution in [2.24, 2.45) is 5.92 Å². The van der Waals surface area contributed by atoms with E-state index in [1.54, 1.807) is 0 Å². The Kier molecular flexibility index (Phi) is 8.42. The maximum absolute atomic E-state index is 14.4. The van der Waals surface area contributed by atoms with Crippen LogP contribution in [0.3, 0.4) is 0 Å². The lowest BCUT2D eigenvalue weighted by Crippen LogP contribution is -2.57. The zero-order valence-corrected chi connectivity index (χ0v) is 25.1. The molecule has 1 aromatic carbocycles. The number of nitrogens with one attached hydrogen (secondary N) is 1. The molecule has 0 spiro atoms. The van der Waals surface area contributed by atoms with E-state index in [0.29, 0.717) is 30.5 Å². The number of aromatic nitrogens is 2. The van der Waals surface area contributed by atoms with Gasteiger partial charge in [-0.05, 0) is 76.8 Å². The third-order valence-electron chi connectivity index (χ3n) is 10.8. The normalized spacial score (nSPS) is 28.5. The molecule has 8 nitrogen and oxygen atoms in total. The van der Waals surface area contributed by atoms with Gasteiger partial charge in [0.05, 0.1) is 17.6 Å². The summed E-state index contributed by atoms with van der Waals surface area (Å²) in [6.45, 7) is 5.53. The van der Waals surface area contributed by atoms with E-state index in [9.17, 15) is 14.7 Å². The standard InChI is InChI=1S/C33H49N5O3/c1-33(2,34-21-30(39)40)23-17-18-36(22-23)31-32(41)38(29-16-9-8-15-28(29)35-31)27-19-25-13-10-14-26(20-27)37(25)24-11-6-4-3-5-7-12-24/h8-9,15-16,23-27,34H,3-7,10-14,17-22H2,1-2H3,(H,39,40)/t23-,25-,26+,27?/m0/s1. The van der Waals surface area contributed by atoms with E-state index in [2.05, 4.69) is 39.6 Å². The molecule has 4 heterocycles. The van der Waals surface area contributed by atoms with Crippen LogP contribution in [0.5, 0.6) is 0 Å². The van der Waals surface area contributed by atoms with Crippen molar-refractivity contribution in [3.8, 4) is 0 Å². The zero-order chi connectivity index (χ0) is 28.6. The van der Waals surface area contributed by atoms with Crippen LogP contribution < -0.4 is 15.8 Å². The van der Waals surface area contributed by atoms with E-state index in [1.807, 2.05) is 18.2 Å². The number of carboxylic acid groups (broad SMARTS) is 1. The van der Waals surface area contributed by atoms with Crippen LogP contribution in [0.15, 0.2) is 29.1 Å². The first-order valence-corrected chi connectivity index (χ1v) is 16.3. The third kappa shape index (κ3) is 5.92. The SMILES string of the molecule is CC(C)(NCC(=O)O)[C@H]1CCN(c2nc3ccccc3n(C3C[C@H]4CCC[C@@H](C3)N4C3CCCCCCC3)c2=O)C1. The average molecular weight is 564 g/mol. The largest absolute Gasteiger partial charge is 0.480 e. The van der Waals surface area contributed by atoms with E-state index < -0.39 is 5.97 Å². The highest BCUT2D eigenvalue weighted by atomic mass is 16.4. The topological polar surface area (TPSA) is 90.7 Å². The van der Waals surface area contributed by atoms with Gasteiger partial charge in [0.1, 0.15) is 0 Å². The van der Waals surface area contributed by atoms with Crippen LogP contribution in [0, 0.1) is 5.92 Å². The van der Waals surface area contributed by atoms with Gasteiger partial charge in [-0.2, -0.15) is 0 Å². The minimum atomic E-state index is -0.850. The highest BCUT2D eigenvalue weighted by Gasteiger charge is 2.43. The monoisotopic (exact) mass is 563 g/mol. The van der Waals surface area contributed by atoms with Crippen molar-refractivity contribution in [3.05, 3.63) is 34.6 Å². The number of benzene rings is 1. The van der Waals surface area contributed by atoms with Gasteiger partial charge in [-0.15, -0.1) is 0 Å². The number of fused-ring (bicyclic) bond motifs is 3. The zero-order valence-electron chi connectivity index (χ0n) is 25.1. The van der Waals surface area contributed by atoms with E-state index in [4.69, 9.17) is 4.98 Å². The molecule has 1 unspecified atom stereocenters. The quantitative estimate of drug-likeness (QED) is 0.470. The molecular formula is C33H49N5O3. The molecule has 6 rings (SSSR count). The summed E-state index contributed by atoms with van der Waals surface area (Å²) >= 11 is 0. The molecule has 0 amide bonds.